The van der Waals surface area contributed by atoms with Gasteiger partial charge in [0.25, 0.3) is 5.91 Å². The first kappa shape index (κ1) is 21.5. The smallest absolute Gasteiger partial charge is 0.253 e. The van der Waals surface area contributed by atoms with Crippen LogP contribution < -0.4 is 0 Å². The molecule has 164 valence electrons. The lowest BCUT2D eigenvalue weighted by atomic mass is 9.49. The predicted octanol–water partition coefficient (Wildman–Crippen LogP) is 3.20. The standard InChI is InChI=1S/C25H36N2O3/c1-25(2)21-10-9-20(23(25)15-21)17-30-18-22(28)16-26-11-6-12-27(14-13-26)24(29)19-7-4-3-5-8-19/h3-5,7-9,21-23,28H,6,10-18H2,1-2H3. The van der Waals surface area contributed by atoms with Gasteiger partial charge in [0.15, 0.2) is 0 Å². The quantitative estimate of drug-likeness (QED) is 0.699. The molecule has 1 N–H and O–H groups in total. The molecular formula is C25H36N2O3. The van der Waals surface area contributed by atoms with Gasteiger partial charge in [-0.25, -0.2) is 0 Å². The number of rotatable bonds is 7. The lowest BCUT2D eigenvalue weighted by Gasteiger charge is -2.56. The van der Waals surface area contributed by atoms with Gasteiger partial charge in [-0.3, -0.25) is 9.69 Å². The molecule has 0 aromatic heterocycles. The molecule has 1 amide bonds. The third-order valence-electron chi connectivity index (χ3n) is 7.53. The van der Waals surface area contributed by atoms with Crippen molar-refractivity contribution in [2.75, 3.05) is 45.9 Å². The number of allylic oxidation sites excluding steroid dienone is 1. The maximum absolute atomic E-state index is 12.7. The molecule has 1 aromatic carbocycles. The van der Waals surface area contributed by atoms with Crippen LogP contribution in [0.15, 0.2) is 42.0 Å². The van der Waals surface area contributed by atoms with Gasteiger partial charge in [-0.1, -0.05) is 38.1 Å². The number of carbonyl (C=O) groups is 1. The van der Waals surface area contributed by atoms with Crippen LogP contribution in [0.4, 0.5) is 0 Å². The summed E-state index contributed by atoms with van der Waals surface area (Å²) in [6, 6.07) is 9.49. The van der Waals surface area contributed by atoms with Gasteiger partial charge in [0, 0.05) is 31.7 Å². The van der Waals surface area contributed by atoms with Gasteiger partial charge >= 0.3 is 0 Å². The van der Waals surface area contributed by atoms with Crippen LogP contribution in [0, 0.1) is 17.3 Å². The zero-order valence-electron chi connectivity index (χ0n) is 18.4. The van der Waals surface area contributed by atoms with Crippen LogP contribution in [-0.4, -0.2) is 72.9 Å². The number of aliphatic hydroxyl groups excluding tert-OH is 1. The Hall–Kier alpha value is -1.69. The summed E-state index contributed by atoms with van der Waals surface area (Å²) in [4.78, 5) is 16.9. The van der Waals surface area contributed by atoms with Crippen LogP contribution in [0.25, 0.3) is 0 Å². The second kappa shape index (κ2) is 9.21. The number of ether oxygens (including phenoxy) is 1. The Morgan fingerprint density at radius 3 is 2.73 bits per heavy atom. The van der Waals surface area contributed by atoms with E-state index in [1.165, 1.54) is 18.4 Å². The van der Waals surface area contributed by atoms with Crippen LogP contribution in [0.1, 0.15) is 43.5 Å². The lowest BCUT2D eigenvalue weighted by Crippen LogP contribution is -2.48. The summed E-state index contributed by atoms with van der Waals surface area (Å²) in [7, 11) is 0. The molecule has 2 bridgehead atoms. The van der Waals surface area contributed by atoms with Crippen molar-refractivity contribution in [1.29, 1.82) is 0 Å². The van der Waals surface area contributed by atoms with Crippen LogP contribution in [0.5, 0.6) is 0 Å². The molecule has 30 heavy (non-hydrogen) atoms. The van der Waals surface area contributed by atoms with Crippen molar-refractivity contribution in [3.63, 3.8) is 0 Å². The van der Waals surface area contributed by atoms with Gasteiger partial charge in [0.05, 0.1) is 19.3 Å². The minimum Gasteiger partial charge on any atom is -0.389 e. The largest absolute Gasteiger partial charge is 0.389 e. The molecule has 0 spiro atoms. The fraction of sp³-hybridized carbons (Fsp3) is 0.640. The SMILES string of the molecule is CC1(C)C2CC=C(COCC(O)CN3CCCN(C(=O)c4ccccc4)CC3)C1C2. The maximum atomic E-state index is 12.7. The highest BCUT2D eigenvalue weighted by Gasteiger charge is 2.50. The molecule has 1 saturated carbocycles. The first-order valence-corrected chi connectivity index (χ1v) is 11.5. The van der Waals surface area contributed by atoms with Crippen molar-refractivity contribution in [3.8, 4) is 0 Å². The number of nitrogens with zero attached hydrogens (tertiary/aromatic N) is 2. The van der Waals surface area contributed by atoms with Crippen LogP contribution >= 0.6 is 0 Å². The Labute approximate surface area is 180 Å². The number of fused-ring (bicyclic) bond motifs is 1. The summed E-state index contributed by atoms with van der Waals surface area (Å²) in [5.74, 6) is 1.60. The van der Waals surface area contributed by atoms with Crippen LogP contribution in [0.3, 0.4) is 0 Å². The second-order valence-corrected chi connectivity index (χ2v) is 9.80. The molecule has 3 atom stereocenters. The van der Waals surface area contributed by atoms with E-state index in [-0.39, 0.29) is 5.91 Å². The molecule has 1 aromatic rings. The average Bonchev–Trinajstić information content (AvgIpc) is 2.99. The number of amides is 1. The van der Waals surface area contributed by atoms with Gasteiger partial charge in [0.2, 0.25) is 0 Å². The molecule has 3 aliphatic carbocycles. The van der Waals surface area contributed by atoms with E-state index in [0.717, 1.165) is 37.5 Å². The monoisotopic (exact) mass is 412 g/mol. The number of carbonyl (C=O) groups excluding carboxylic acids is 1. The molecule has 0 radical (unpaired) electrons. The third-order valence-corrected chi connectivity index (χ3v) is 7.53. The Balaban J connectivity index is 1.18. The normalized spacial score (nSPS) is 27.0. The van der Waals surface area contributed by atoms with Gasteiger partial charge in [-0.2, -0.15) is 0 Å². The molecule has 1 aliphatic heterocycles. The number of benzene rings is 1. The summed E-state index contributed by atoms with van der Waals surface area (Å²) in [5, 5.41) is 10.5. The van der Waals surface area contributed by atoms with Crippen molar-refractivity contribution in [2.24, 2.45) is 17.3 Å². The van der Waals surface area contributed by atoms with E-state index in [1.807, 2.05) is 35.2 Å². The molecule has 5 nitrogen and oxygen atoms in total. The molecule has 5 heteroatoms. The van der Waals surface area contributed by atoms with Gasteiger partial charge in [-0.05, 0) is 60.8 Å². The average molecular weight is 413 g/mol. The van der Waals surface area contributed by atoms with Gasteiger partial charge in [-0.15, -0.1) is 0 Å². The van der Waals surface area contributed by atoms with Crippen molar-refractivity contribution in [1.82, 2.24) is 9.80 Å². The number of hydrogen-bond acceptors (Lipinski definition) is 4. The minimum atomic E-state index is -0.493. The second-order valence-electron chi connectivity index (χ2n) is 9.80. The maximum Gasteiger partial charge on any atom is 0.253 e. The van der Waals surface area contributed by atoms with Crippen molar-refractivity contribution in [3.05, 3.63) is 47.5 Å². The van der Waals surface area contributed by atoms with Crippen molar-refractivity contribution < 1.29 is 14.6 Å². The summed E-state index contributed by atoms with van der Waals surface area (Å²) in [5.41, 5.74) is 2.60. The Bertz CT molecular complexity index is 761. The van der Waals surface area contributed by atoms with E-state index in [9.17, 15) is 9.90 Å². The van der Waals surface area contributed by atoms with E-state index >= 15 is 0 Å². The van der Waals surface area contributed by atoms with E-state index in [1.54, 1.807) is 0 Å². The third kappa shape index (κ3) is 4.63. The first-order chi connectivity index (χ1) is 14.4. The van der Waals surface area contributed by atoms with E-state index < -0.39 is 6.10 Å². The van der Waals surface area contributed by atoms with Crippen LogP contribution in [0.2, 0.25) is 0 Å². The molecule has 2 fully saturated rings. The Kier molecular flexibility index (Phi) is 6.61. The molecule has 1 heterocycles. The Morgan fingerprint density at radius 1 is 1.20 bits per heavy atom. The topological polar surface area (TPSA) is 53.0 Å². The number of aliphatic hydroxyl groups is 1. The van der Waals surface area contributed by atoms with Gasteiger partial charge < -0.3 is 14.7 Å². The van der Waals surface area contributed by atoms with E-state index in [4.69, 9.17) is 4.74 Å². The molecule has 5 rings (SSSR count). The first-order valence-electron chi connectivity index (χ1n) is 11.5. The highest BCUT2D eigenvalue weighted by molar-refractivity contribution is 5.94. The summed E-state index contributed by atoms with van der Waals surface area (Å²) >= 11 is 0. The predicted molar refractivity (Wildman–Crippen MR) is 118 cm³/mol. The van der Waals surface area contributed by atoms with E-state index in [2.05, 4.69) is 24.8 Å². The zero-order valence-corrected chi connectivity index (χ0v) is 18.4. The lowest BCUT2D eigenvalue weighted by molar-refractivity contribution is -0.0260. The molecule has 1 saturated heterocycles. The minimum absolute atomic E-state index is 0.100. The highest BCUT2D eigenvalue weighted by atomic mass is 16.5. The number of β-amino-alcohol motifs (C(OH)–C–C–N with tert-alkyl or cyclic N) is 1. The summed E-state index contributed by atoms with van der Waals surface area (Å²) < 4.78 is 5.90. The number of hydrogen-bond donors (Lipinski definition) is 1. The highest BCUT2D eigenvalue weighted by Crippen LogP contribution is 2.59. The summed E-state index contributed by atoms with van der Waals surface area (Å²) in [6.45, 7) is 9.53. The summed E-state index contributed by atoms with van der Waals surface area (Å²) in [6.07, 6.45) is 5.28. The fourth-order valence-corrected chi connectivity index (χ4v) is 5.42. The van der Waals surface area contributed by atoms with Crippen molar-refractivity contribution in [2.45, 2.75) is 39.2 Å². The fourth-order valence-electron chi connectivity index (χ4n) is 5.42. The molecule has 3 unspecified atom stereocenters. The van der Waals surface area contributed by atoms with E-state index in [0.29, 0.717) is 37.6 Å². The van der Waals surface area contributed by atoms with Crippen LogP contribution in [-0.2, 0) is 4.74 Å². The molecular weight excluding hydrogens is 376 g/mol. The van der Waals surface area contributed by atoms with Crippen molar-refractivity contribution >= 4 is 5.91 Å². The molecule has 4 aliphatic rings. The van der Waals surface area contributed by atoms with Gasteiger partial charge in [0.1, 0.15) is 0 Å². The Morgan fingerprint density at radius 2 is 2.00 bits per heavy atom. The zero-order chi connectivity index (χ0) is 21.1.